The molecule has 9 heterocycles. The van der Waals surface area contributed by atoms with Crippen LogP contribution in [-0.2, 0) is 94.9 Å². The highest BCUT2D eigenvalue weighted by atomic mass is 16.8. The van der Waals surface area contributed by atoms with Crippen molar-refractivity contribution in [2.75, 3.05) is 53.4 Å². The lowest BCUT2D eigenvalue weighted by atomic mass is 9.93. The van der Waals surface area contributed by atoms with Crippen LogP contribution in [0, 0.1) is 0 Å². The van der Waals surface area contributed by atoms with Crippen LogP contribution in [0.5, 0.6) is 0 Å². The molecule has 0 spiro atoms. The van der Waals surface area contributed by atoms with E-state index < -0.39 is 334 Å². The van der Waals surface area contributed by atoms with E-state index in [0.717, 1.165) is 21.0 Å². The average molecular weight is 1540 g/mol. The van der Waals surface area contributed by atoms with E-state index in [1.165, 1.54) is 13.8 Å². The van der Waals surface area contributed by atoms with Crippen LogP contribution in [0.3, 0.4) is 0 Å². The molecule has 0 bridgehead atoms. The third-order valence-corrected chi connectivity index (χ3v) is 19.7. The van der Waals surface area contributed by atoms with Crippen LogP contribution >= 0.6 is 0 Å². The van der Waals surface area contributed by atoms with Gasteiger partial charge in [-0.1, -0.05) is 0 Å². The van der Waals surface area contributed by atoms with Crippen LogP contribution < -0.4 is 10.6 Å². The minimum atomic E-state index is -2.53. The van der Waals surface area contributed by atoms with Crippen LogP contribution in [0.1, 0.15) is 27.7 Å². The highest BCUT2D eigenvalue weighted by Crippen LogP contribution is 2.40. The second-order valence-electron chi connectivity index (χ2n) is 26.9. The zero-order valence-electron chi connectivity index (χ0n) is 56.8. The van der Waals surface area contributed by atoms with Crippen LogP contribution in [0.25, 0.3) is 0 Å². The van der Waals surface area contributed by atoms with Gasteiger partial charge >= 0.3 is 0 Å². The fraction of sp³-hybridized carbons (Fsp3) is 0.966. The molecule has 1 unspecified atom stereocenters. The highest BCUT2D eigenvalue weighted by molar-refractivity contribution is 5.73. The Labute approximate surface area is 595 Å². The van der Waals surface area contributed by atoms with E-state index in [0.29, 0.717) is 0 Å². The maximum atomic E-state index is 13.6. The molecule has 0 aromatic carbocycles. The molecule has 9 aliphatic heterocycles. The van der Waals surface area contributed by atoms with Crippen LogP contribution in [0.4, 0.5) is 0 Å². The molecule has 0 aliphatic carbocycles. The Hall–Kier alpha value is -2.74. The standard InChI is InChI=1S/C59H100N2O44/c1-13-26(68)35(77)43(85)55(92-13)105-50-47(103-56-44(86)38(80)30(72)19(8-64)97-56)33(75)23(12-91-57-49(104-58-48(88-5)39(81)27(69)14(2)93-58)40(82)31(73)21(99-57)10-89-53-41(83)36(78)28(70)17(6-62)95-53)100-59(50)102-46-25(61-16(4)67)52(101-45-20(9-65)94-51(87)24(34(45)76)60-15(3)66)98-22(32(46)74)11-90-54-42(84)37(79)29(71)18(7-63)96-54/h13-14,17-59,62-65,68-87H,6-12H2,1-5H3,(H,60,66)(H,61,67)/t13-,14-,17+,18+,19+,20+,21+,22+,23+,24+,25-,26+,27+,28-,29+,30-,31-,32-,33-,34+,35+,36-,37-,38-,39+,40-,41+,42+,43-,44+,45+,46+,47-,48-,49+,50+,51?,52-,53+,54+,55-,56-,57+,58-,59-/m0/s1. The topological polar surface area (TPSA) is 710 Å². The van der Waals surface area contributed by atoms with Gasteiger partial charge in [-0.2, -0.15) is 0 Å². The molecule has 9 aliphatic rings. The van der Waals surface area contributed by atoms with Crippen LogP contribution in [0.2, 0.25) is 0 Å². The molecule has 0 radical (unpaired) electrons. The number of aliphatic hydroxyl groups is 24. The fourth-order valence-electron chi connectivity index (χ4n) is 13.5. The van der Waals surface area contributed by atoms with Gasteiger partial charge in [-0.25, -0.2) is 0 Å². The van der Waals surface area contributed by atoms with Crippen molar-refractivity contribution in [3.8, 4) is 0 Å². The summed E-state index contributed by atoms with van der Waals surface area (Å²) in [5.41, 5.74) is 0. The molecule has 610 valence electrons. The number of nitrogens with one attached hydrogen (secondary N) is 2. The van der Waals surface area contributed by atoms with Crippen molar-refractivity contribution < 1.29 is 217 Å². The SMILES string of the molecule is CO[C@@H]1[C@H](O[C@H]2[C@H](OC[C@H]3O[C@@H](O[C@H]4[C@@H](O)[C@@H](CO[C@@H]5O[C@H](CO)[C@@H](O)[C@H](O)[C@H]5O)O[C@@H](O[C@H]5[C@H](O)[C@@H](NC(C)=O)C(O)O[C@@H]5CO)[C@H]4NC(C)=O)[C@H](O[C@@H]4O[C@@H](C)[C@@H](O)[C@@H](O)[C@@H]4O)[C@@H](O[C@@H]4O[C@H](CO)[C@H](O)[C@H](O)[C@H]4O)[C@H]3O)O[C@H](CO[C@@H]3O[C@H](CO)[C@H](O)[C@H](O)[C@H]3O)[C@H](O)[C@@H]2O)O[C@@H](C)[C@@H](O)[C@H]1O. The smallest absolute Gasteiger partial charge is 0.217 e. The van der Waals surface area contributed by atoms with Crippen LogP contribution in [0.15, 0.2) is 0 Å². The summed E-state index contributed by atoms with van der Waals surface area (Å²) in [5.74, 6) is -1.86. The lowest BCUT2D eigenvalue weighted by molar-refractivity contribution is -0.408. The van der Waals surface area contributed by atoms with Crippen molar-refractivity contribution >= 4 is 11.8 Å². The van der Waals surface area contributed by atoms with Crippen molar-refractivity contribution in [3.63, 3.8) is 0 Å². The maximum absolute atomic E-state index is 13.6. The van der Waals surface area contributed by atoms with Gasteiger partial charge in [0.2, 0.25) is 11.8 Å². The normalized spacial score (nSPS) is 51.5. The number of carbonyl (C=O) groups is 2. The average Bonchev–Trinajstić information content (AvgIpc) is 0.760. The highest BCUT2D eigenvalue weighted by Gasteiger charge is 2.61. The quantitative estimate of drug-likeness (QED) is 0.0382. The number of amides is 2. The third kappa shape index (κ3) is 18.8. The Balaban J connectivity index is 1.15. The van der Waals surface area contributed by atoms with Crippen molar-refractivity contribution in [1.82, 2.24) is 10.6 Å². The van der Waals surface area contributed by atoms with Crippen molar-refractivity contribution in [3.05, 3.63) is 0 Å². The predicted molar refractivity (Wildman–Crippen MR) is 322 cm³/mol. The molecule has 9 saturated heterocycles. The lowest BCUT2D eigenvalue weighted by Crippen LogP contribution is -2.71. The summed E-state index contributed by atoms with van der Waals surface area (Å²) < 4.78 is 108. The number of ether oxygens (including phenoxy) is 18. The van der Waals surface area contributed by atoms with Gasteiger partial charge in [-0.15, -0.1) is 0 Å². The number of hydrogen-bond acceptors (Lipinski definition) is 44. The summed E-state index contributed by atoms with van der Waals surface area (Å²) in [7, 11) is 1.08. The largest absolute Gasteiger partial charge is 0.394 e. The van der Waals surface area contributed by atoms with Crippen molar-refractivity contribution in [2.45, 2.75) is 304 Å². The van der Waals surface area contributed by atoms with Crippen molar-refractivity contribution in [2.24, 2.45) is 0 Å². The van der Waals surface area contributed by atoms with Crippen LogP contribution in [-0.4, -0.2) is 464 Å². The number of aliphatic hydroxyl groups excluding tert-OH is 24. The van der Waals surface area contributed by atoms with Gasteiger partial charge in [0.05, 0.1) is 58.5 Å². The monoisotopic (exact) mass is 1540 g/mol. The Morgan fingerprint density at radius 2 is 0.619 bits per heavy atom. The van der Waals surface area contributed by atoms with Gasteiger partial charge in [0.25, 0.3) is 0 Å². The molecule has 45 atom stereocenters. The molecule has 9 fully saturated rings. The van der Waals surface area contributed by atoms with Gasteiger partial charge in [-0.05, 0) is 13.8 Å². The summed E-state index contributed by atoms with van der Waals surface area (Å²) >= 11 is 0. The summed E-state index contributed by atoms with van der Waals surface area (Å²) in [6.07, 6.45) is -86.9. The Morgan fingerprint density at radius 3 is 1.11 bits per heavy atom. The van der Waals surface area contributed by atoms with Gasteiger partial charge in [0.1, 0.15) is 207 Å². The van der Waals surface area contributed by atoms with E-state index in [1.54, 1.807) is 0 Å². The second kappa shape index (κ2) is 37.3. The number of methoxy groups -OCH3 is 1. The Bertz CT molecular complexity index is 2690. The number of carbonyl (C=O) groups excluding carboxylic acids is 2. The summed E-state index contributed by atoms with van der Waals surface area (Å²) in [6, 6.07) is -3.83. The first-order valence-electron chi connectivity index (χ1n) is 33.7. The van der Waals surface area contributed by atoms with Gasteiger partial charge < -0.3 is 218 Å². The van der Waals surface area contributed by atoms with E-state index >= 15 is 0 Å². The first kappa shape index (κ1) is 86.2. The first-order valence-corrected chi connectivity index (χ1v) is 33.7. The zero-order chi connectivity index (χ0) is 77.2. The number of rotatable bonds is 26. The predicted octanol–water partition coefficient (Wildman–Crippen LogP) is -17.6. The molecule has 2 amide bonds. The molecule has 46 heteroatoms. The molecule has 0 aromatic heterocycles. The number of hydrogen-bond donors (Lipinski definition) is 26. The second-order valence-corrected chi connectivity index (χ2v) is 26.9. The molecule has 105 heavy (non-hydrogen) atoms. The molecule has 9 rings (SSSR count). The van der Waals surface area contributed by atoms with E-state index in [4.69, 9.17) is 85.3 Å². The summed E-state index contributed by atoms with van der Waals surface area (Å²) in [5, 5.41) is 271. The molecular weight excluding hydrogens is 1440 g/mol. The van der Waals surface area contributed by atoms with Gasteiger partial charge in [0.15, 0.2) is 56.6 Å². The summed E-state index contributed by atoms with van der Waals surface area (Å²) in [4.78, 5) is 26.0. The lowest BCUT2D eigenvalue weighted by Gasteiger charge is -2.52. The van der Waals surface area contributed by atoms with Gasteiger partial charge in [-0.3, -0.25) is 9.59 Å². The summed E-state index contributed by atoms with van der Waals surface area (Å²) in [6.45, 7) is -2.79. The molecule has 0 aromatic rings. The Morgan fingerprint density at radius 1 is 0.286 bits per heavy atom. The third-order valence-electron chi connectivity index (χ3n) is 19.7. The minimum absolute atomic E-state index is 0.834. The van der Waals surface area contributed by atoms with E-state index in [1.807, 2.05) is 0 Å². The van der Waals surface area contributed by atoms with Crippen molar-refractivity contribution in [1.29, 1.82) is 0 Å². The van der Waals surface area contributed by atoms with Gasteiger partial charge in [0, 0.05) is 21.0 Å². The maximum Gasteiger partial charge on any atom is 0.217 e. The Kier molecular flexibility index (Phi) is 30.6. The molecule has 0 saturated carbocycles. The van der Waals surface area contributed by atoms with E-state index in [9.17, 15) is 132 Å². The zero-order valence-corrected chi connectivity index (χ0v) is 56.8. The minimum Gasteiger partial charge on any atom is -0.394 e. The first-order chi connectivity index (χ1) is 49.6. The van der Waals surface area contributed by atoms with E-state index in [-0.39, 0.29) is 0 Å². The fourth-order valence-corrected chi connectivity index (χ4v) is 13.5. The van der Waals surface area contributed by atoms with E-state index in [2.05, 4.69) is 10.6 Å². The molecule has 26 N–H and O–H groups in total. The molecular formula is C59H100N2O44. The molecule has 46 nitrogen and oxygen atoms in total.